The van der Waals surface area contributed by atoms with Crippen molar-refractivity contribution >= 4 is 5.71 Å². The van der Waals surface area contributed by atoms with Gasteiger partial charge < -0.3 is 5.21 Å². The van der Waals surface area contributed by atoms with Crippen molar-refractivity contribution in [3.63, 3.8) is 0 Å². The fraction of sp³-hybridized carbons (Fsp3) is 0.0625. The molecule has 1 N–H and O–H groups in total. The van der Waals surface area contributed by atoms with Crippen LogP contribution in [0.3, 0.4) is 0 Å². The van der Waals surface area contributed by atoms with E-state index in [9.17, 15) is 0 Å². The lowest BCUT2D eigenvalue weighted by Gasteiger charge is -2.01. The van der Waals surface area contributed by atoms with Gasteiger partial charge in [0, 0.05) is 16.7 Å². The zero-order chi connectivity index (χ0) is 12.8. The Hall–Kier alpha value is -2.53. The molecule has 0 aliphatic rings. The van der Waals surface area contributed by atoms with Crippen LogP contribution in [0.2, 0.25) is 0 Å². The Balaban J connectivity index is 2.39. The van der Waals surface area contributed by atoms with Gasteiger partial charge in [-0.3, -0.25) is 0 Å². The molecular formula is C16H13NO. The van der Waals surface area contributed by atoms with Gasteiger partial charge in [-0.05, 0) is 25.1 Å². The summed E-state index contributed by atoms with van der Waals surface area (Å²) in [5.74, 6) is 6.20. The maximum atomic E-state index is 8.84. The Kier molecular flexibility index (Phi) is 3.78. The number of rotatable bonds is 1. The summed E-state index contributed by atoms with van der Waals surface area (Å²) in [6.45, 7) is 1.75. The van der Waals surface area contributed by atoms with Crippen molar-refractivity contribution < 1.29 is 5.21 Å². The molecule has 2 rings (SSSR count). The highest BCUT2D eigenvalue weighted by atomic mass is 16.4. The lowest BCUT2D eigenvalue weighted by Crippen LogP contribution is -1.97. The van der Waals surface area contributed by atoms with E-state index in [0.717, 1.165) is 16.7 Å². The number of nitrogens with zero attached hydrogens (tertiary/aromatic N) is 1. The lowest BCUT2D eigenvalue weighted by molar-refractivity contribution is 0.319. The highest BCUT2D eigenvalue weighted by Gasteiger charge is 2.02. The van der Waals surface area contributed by atoms with Gasteiger partial charge in [0.25, 0.3) is 0 Å². The highest BCUT2D eigenvalue weighted by molar-refractivity contribution is 6.00. The summed E-state index contributed by atoms with van der Waals surface area (Å²) in [5.41, 5.74) is 3.24. The molecule has 0 saturated carbocycles. The third kappa shape index (κ3) is 2.78. The highest BCUT2D eigenvalue weighted by Crippen LogP contribution is 2.09. The Morgan fingerprint density at radius 2 is 1.61 bits per heavy atom. The van der Waals surface area contributed by atoms with Crippen LogP contribution in [0.4, 0.5) is 0 Å². The molecule has 2 heteroatoms. The second-order valence-electron chi connectivity index (χ2n) is 3.85. The molecule has 0 atom stereocenters. The average molecular weight is 235 g/mol. The summed E-state index contributed by atoms with van der Waals surface area (Å²) in [5, 5.41) is 12.1. The lowest BCUT2D eigenvalue weighted by atomic mass is 10.0. The summed E-state index contributed by atoms with van der Waals surface area (Å²) >= 11 is 0. The maximum absolute atomic E-state index is 8.84. The van der Waals surface area contributed by atoms with Gasteiger partial charge in [0.05, 0.1) is 5.71 Å². The van der Waals surface area contributed by atoms with Crippen LogP contribution in [0.1, 0.15) is 23.6 Å². The predicted octanol–water partition coefficient (Wildman–Crippen LogP) is 3.28. The first kappa shape index (κ1) is 11.9. The fourth-order valence-electron chi connectivity index (χ4n) is 1.62. The zero-order valence-corrected chi connectivity index (χ0v) is 10.1. The first-order valence-corrected chi connectivity index (χ1v) is 5.66. The van der Waals surface area contributed by atoms with E-state index in [4.69, 9.17) is 5.21 Å². The quantitative estimate of drug-likeness (QED) is 0.350. The van der Waals surface area contributed by atoms with Crippen LogP contribution < -0.4 is 0 Å². The number of hydrogen-bond acceptors (Lipinski definition) is 2. The van der Waals surface area contributed by atoms with Crippen LogP contribution in [-0.4, -0.2) is 10.9 Å². The van der Waals surface area contributed by atoms with Crippen LogP contribution >= 0.6 is 0 Å². The van der Waals surface area contributed by atoms with Gasteiger partial charge >= 0.3 is 0 Å². The summed E-state index contributed by atoms with van der Waals surface area (Å²) < 4.78 is 0. The zero-order valence-electron chi connectivity index (χ0n) is 10.1. The van der Waals surface area contributed by atoms with Gasteiger partial charge in [-0.25, -0.2) is 0 Å². The van der Waals surface area contributed by atoms with Crippen molar-refractivity contribution in [3.05, 3.63) is 71.3 Å². The van der Waals surface area contributed by atoms with E-state index >= 15 is 0 Å². The molecule has 0 fully saturated rings. The Bertz CT molecular complexity index is 618. The van der Waals surface area contributed by atoms with Gasteiger partial charge in [-0.1, -0.05) is 53.4 Å². The van der Waals surface area contributed by atoms with Crippen molar-refractivity contribution in [1.29, 1.82) is 0 Å². The molecule has 0 heterocycles. The van der Waals surface area contributed by atoms with Gasteiger partial charge in [0.1, 0.15) is 0 Å². The van der Waals surface area contributed by atoms with Gasteiger partial charge in [0.2, 0.25) is 0 Å². The van der Waals surface area contributed by atoms with Crippen molar-refractivity contribution in [1.82, 2.24) is 0 Å². The molecule has 0 aromatic heterocycles. The molecule has 2 aromatic carbocycles. The Labute approximate surface area is 107 Å². The first-order valence-electron chi connectivity index (χ1n) is 5.66. The summed E-state index contributed by atoms with van der Waals surface area (Å²) in [6.07, 6.45) is 0. The molecule has 88 valence electrons. The van der Waals surface area contributed by atoms with Crippen LogP contribution in [-0.2, 0) is 0 Å². The molecule has 0 bridgehead atoms. The van der Waals surface area contributed by atoms with E-state index in [-0.39, 0.29) is 0 Å². The smallest absolute Gasteiger partial charge is 0.0849 e. The van der Waals surface area contributed by atoms with Crippen LogP contribution in [0.15, 0.2) is 59.8 Å². The van der Waals surface area contributed by atoms with Crippen LogP contribution in [0.5, 0.6) is 0 Å². The van der Waals surface area contributed by atoms with E-state index in [0.29, 0.717) is 5.71 Å². The average Bonchev–Trinajstić information content (AvgIpc) is 2.45. The van der Waals surface area contributed by atoms with E-state index in [1.165, 1.54) is 0 Å². The van der Waals surface area contributed by atoms with Crippen LogP contribution in [0.25, 0.3) is 0 Å². The monoisotopic (exact) mass is 235 g/mol. The minimum atomic E-state index is 0.563. The molecule has 0 unspecified atom stereocenters. The number of benzene rings is 2. The third-order valence-corrected chi connectivity index (χ3v) is 2.58. The standard InChI is InChI=1S/C16H13NO/c1-13(17-18)16-10-6-5-9-15(16)12-11-14-7-3-2-4-8-14/h2-10,18H,1H3/b17-13+. The largest absolute Gasteiger partial charge is 0.411 e. The Morgan fingerprint density at radius 3 is 2.33 bits per heavy atom. The topological polar surface area (TPSA) is 32.6 Å². The van der Waals surface area contributed by atoms with Crippen LogP contribution in [0, 0.1) is 11.8 Å². The maximum Gasteiger partial charge on any atom is 0.0849 e. The Morgan fingerprint density at radius 1 is 0.944 bits per heavy atom. The minimum Gasteiger partial charge on any atom is -0.411 e. The number of oxime groups is 1. The minimum absolute atomic E-state index is 0.563. The molecule has 0 aliphatic heterocycles. The second kappa shape index (κ2) is 5.70. The molecule has 0 aliphatic carbocycles. The van der Waals surface area contributed by atoms with Gasteiger partial charge in [0.15, 0.2) is 0 Å². The third-order valence-electron chi connectivity index (χ3n) is 2.58. The number of hydrogen-bond donors (Lipinski definition) is 1. The molecule has 0 radical (unpaired) electrons. The van der Waals surface area contributed by atoms with E-state index in [2.05, 4.69) is 17.0 Å². The molecule has 0 saturated heterocycles. The summed E-state index contributed by atoms with van der Waals surface area (Å²) in [4.78, 5) is 0. The summed E-state index contributed by atoms with van der Waals surface area (Å²) in [6, 6.07) is 17.4. The molecule has 0 spiro atoms. The van der Waals surface area contributed by atoms with Gasteiger partial charge in [-0.15, -0.1) is 0 Å². The van der Waals surface area contributed by atoms with Crippen molar-refractivity contribution in [2.24, 2.45) is 5.16 Å². The van der Waals surface area contributed by atoms with E-state index < -0.39 is 0 Å². The molecule has 0 amide bonds. The van der Waals surface area contributed by atoms with Crippen molar-refractivity contribution in [3.8, 4) is 11.8 Å². The summed E-state index contributed by atoms with van der Waals surface area (Å²) in [7, 11) is 0. The fourth-order valence-corrected chi connectivity index (χ4v) is 1.62. The SMILES string of the molecule is C/C(=N\O)c1ccccc1C#Cc1ccccc1. The second-order valence-corrected chi connectivity index (χ2v) is 3.85. The molecule has 2 nitrogen and oxygen atoms in total. The molecule has 18 heavy (non-hydrogen) atoms. The van der Waals surface area contributed by atoms with E-state index in [1.54, 1.807) is 6.92 Å². The van der Waals surface area contributed by atoms with Gasteiger partial charge in [-0.2, -0.15) is 0 Å². The molecular weight excluding hydrogens is 222 g/mol. The predicted molar refractivity (Wildman–Crippen MR) is 72.9 cm³/mol. The van der Waals surface area contributed by atoms with E-state index in [1.807, 2.05) is 54.6 Å². The molecule has 2 aromatic rings. The first-order chi connectivity index (χ1) is 8.81. The van der Waals surface area contributed by atoms with Crippen molar-refractivity contribution in [2.45, 2.75) is 6.92 Å². The van der Waals surface area contributed by atoms with Crippen molar-refractivity contribution in [2.75, 3.05) is 0 Å². The normalized spacial score (nSPS) is 10.6.